The number of aromatic nitrogens is 3. The third kappa shape index (κ3) is 5.65. The Balaban J connectivity index is 1.45. The summed E-state index contributed by atoms with van der Waals surface area (Å²) in [6.45, 7) is 5.03. The standard InChI is InChI=1S/C21H23N5O2S/c1-15(2)17-5-9-19(10-6-17)28-14-20-24-25-21(26(20)23)29-12-11-27-18-7-3-16(13-22)4-8-18/h3-10,15H,11-12,14,23H2,1-2H3. The third-order valence-electron chi connectivity index (χ3n) is 4.22. The number of nitrogens with zero attached hydrogens (tertiary/aromatic N) is 4. The van der Waals surface area contributed by atoms with Gasteiger partial charge in [0.15, 0.2) is 5.82 Å². The van der Waals surface area contributed by atoms with E-state index in [0.717, 1.165) is 11.5 Å². The van der Waals surface area contributed by atoms with Gasteiger partial charge in [0.2, 0.25) is 5.16 Å². The Morgan fingerprint density at radius 3 is 2.34 bits per heavy atom. The van der Waals surface area contributed by atoms with Crippen LogP contribution in [0.25, 0.3) is 0 Å². The lowest BCUT2D eigenvalue weighted by Gasteiger charge is -2.09. The highest BCUT2D eigenvalue weighted by molar-refractivity contribution is 7.99. The van der Waals surface area contributed by atoms with Crippen molar-refractivity contribution in [3.05, 3.63) is 65.5 Å². The maximum Gasteiger partial charge on any atom is 0.210 e. The van der Waals surface area contributed by atoms with Gasteiger partial charge in [0.05, 0.1) is 18.2 Å². The summed E-state index contributed by atoms with van der Waals surface area (Å²) in [5.41, 5.74) is 1.87. The molecule has 0 saturated carbocycles. The minimum absolute atomic E-state index is 0.243. The molecule has 0 aliphatic carbocycles. The molecule has 0 atom stereocenters. The van der Waals surface area contributed by atoms with Crippen molar-refractivity contribution >= 4 is 11.8 Å². The van der Waals surface area contributed by atoms with E-state index in [0.29, 0.717) is 34.8 Å². The van der Waals surface area contributed by atoms with Crippen LogP contribution in [-0.2, 0) is 6.61 Å². The smallest absolute Gasteiger partial charge is 0.210 e. The van der Waals surface area contributed by atoms with Gasteiger partial charge in [-0.1, -0.05) is 37.7 Å². The van der Waals surface area contributed by atoms with Crippen molar-refractivity contribution in [3.8, 4) is 17.6 Å². The van der Waals surface area contributed by atoms with Crippen LogP contribution in [0.3, 0.4) is 0 Å². The Hall–Kier alpha value is -3.18. The van der Waals surface area contributed by atoms with Crippen molar-refractivity contribution in [2.45, 2.75) is 31.5 Å². The van der Waals surface area contributed by atoms with Gasteiger partial charge in [-0.2, -0.15) is 5.26 Å². The Bertz CT molecular complexity index is 962. The van der Waals surface area contributed by atoms with Crippen LogP contribution in [-0.4, -0.2) is 27.2 Å². The molecular formula is C21H23N5O2S. The van der Waals surface area contributed by atoms with Crippen molar-refractivity contribution in [2.24, 2.45) is 0 Å². The average Bonchev–Trinajstić information content (AvgIpc) is 3.10. The minimum Gasteiger partial charge on any atom is -0.493 e. The topological polar surface area (TPSA) is 99.0 Å². The number of benzene rings is 2. The maximum atomic E-state index is 8.80. The number of nitrogens with two attached hydrogens (primary N) is 1. The second-order valence-electron chi connectivity index (χ2n) is 6.61. The van der Waals surface area contributed by atoms with Crippen LogP contribution < -0.4 is 15.3 Å². The first-order valence-corrected chi connectivity index (χ1v) is 10.2. The number of hydrogen-bond acceptors (Lipinski definition) is 7. The van der Waals surface area contributed by atoms with Crippen molar-refractivity contribution in [2.75, 3.05) is 18.2 Å². The fraction of sp³-hybridized carbons (Fsp3) is 0.286. The van der Waals surface area contributed by atoms with Crippen molar-refractivity contribution < 1.29 is 9.47 Å². The maximum absolute atomic E-state index is 8.80. The summed E-state index contributed by atoms with van der Waals surface area (Å²) >= 11 is 1.45. The van der Waals surface area contributed by atoms with Crippen LogP contribution in [0.2, 0.25) is 0 Å². The lowest BCUT2D eigenvalue weighted by Crippen LogP contribution is -2.16. The van der Waals surface area contributed by atoms with Crippen LogP contribution in [0, 0.1) is 11.3 Å². The third-order valence-corrected chi connectivity index (χ3v) is 5.12. The molecular weight excluding hydrogens is 386 g/mol. The Labute approximate surface area is 174 Å². The van der Waals surface area contributed by atoms with Gasteiger partial charge >= 0.3 is 0 Å². The van der Waals surface area contributed by atoms with E-state index in [1.807, 2.05) is 12.1 Å². The number of nitriles is 1. The van der Waals surface area contributed by atoms with Crippen LogP contribution >= 0.6 is 11.8 Å². The fourth-order valence-electron chi connectivity index (χ4n) is 2.52. The van der Waals surface area contributed by atoms with Gasteiger partial charge in [-0.15, -0.1) is 10.2 Å². The van der Waals surface area contributed by atoms with Gasteiger partial charge in [0.1, 0.15) is 18.1 Å². The molecule has 1 heterocycles. The molecule has 1 aromatic heterocycles. The predicted molar refractivity (Wildman–Crippen MR) is 112 cm³/mol. The van der Waals surface area contributed by atoms with Crippen molar-refractivity contribution in [1.29, 1.82) is 5.26 Å². The molecule has 2 N–H and O–H groups in total. The zero-order valence-electron chi connectivity index (χ0n) is 16.4. The number of hydrogen-bond donors (Lipinski definition) is 1. The predicted octanol–water partition coefficient (Wildman–Crippen LogP) is 3.74. The van der Waals surface area contributed by atoms with Crippen molar-refractivity contribution in [3.63, 3.8) is 0 Å². The zero-order valence-corrected chi connectivity index (χ0v) is 17.2. The number of nitrogen functional groups attached to an aromatic ring is 1. The SMILES string of the molecule is CC(C)c1ccc(OCc2nnc(SCCOc3ccc(C#N)cc3)n2N)cc1. The molecule has 0 spiro atoms. The molecule has 0 bridgehead atoms. The van der Waals surface area contributed by atoms with Crippen LogP contribution in [0.15, 0.2) is 53.7 Å². The second kappa shape index (κ2) is 9.85. The summed E-state index contributed by atoms with van der Waals surface area (Å²) in [5.74, 6) is 9.25. The second-order valence-corrected chi connectivity index (χ2v) is 7.68. The van der Waals surface area contributed by atoms with E-state index in [1.165, 1.54) is 22.0 Å². The van der Waals surface area contributed by atoms with Crippen LogP contribution in [0.5, 0.6) is 11.5 Å². The van der Waals surface area contributed by atoms with Crippen LogP contribution in [0.1, 0.15) is 36.7 Å². The highest BCUT2D eigenvalue weighted by Gasteiger charge is 2.11. The molecule has 0 aliphatic heterocycles. The summed E-state index contributed by atoms with van der Waals surface area (Å²) < 4.78 is 12.9. The molecule has 3 aromatic rings. The molecule has 0 fully saturated rings. The molecule has 2 aromatic carbocycles. The monoisotopic (exact) mass is 409 g/mol. The summed E-state index contributed by atoms with van der Waals surface area (Å²) in [7, 11) is 0. The average molecular weight is 410 g/mol. The van der Waals surface area contributed by atoms with E-state index in [2.05, 4.69) is 42.2 Å². The number of rotatable bonds is 9. The quantitative estimate of drug-likeness (QED) is 0.326. The lowest BCUT2D eigenvalue weighted by atomic mass is 10.0. The van der Waals surface area contributed by atoms with Crippen LogP contribution in [0.4, 0.5) is 0 Å². The van der Waals surface area contributed by atoms with E-state index in [-0.39, 0.29) is 6.61 Å². The van der Waals surface area contributed by atoms with E-state index in [1.54, 1.807) is 24.3 Å². The summed E-state index contributed by atoms with van der Waals surface area (Å²) in [6.07, 6.45) is 0. The fourth-order valence-corrected chi connectivity index (χ4v) is 3.21. The first kappa shape index (κ1) is 20.6. The summed E-state index contributed by atoms with van der Waals surface area (Å²) in [5, 5.41) is 17.6. The number of ether oxygens (including phenoxy) is 2. The molecule has 0 unspecified atom stereocenters. The van der Waals surface area contributed by atoms with E-state index in [4.69, 9.17) is 20.6 Å². The Morgan fingerprint density at radius 2 is 1.69 bits per heavy atom. The van der Waals surface area contributed by atoms with E-state index in [9.17, 15) is 0 Å². The first-order chi connectivity index (χ1) is 14.1. The lowest BCUT2D eigenvalue weighted by molar-refractivity contribution is 0.291. The van der Waals surface area contributed by atoms with Gasteiger partial charge in [-0.25, -0.2) is 4.68 Å². The summed E-state index contributed by atoms with van der Waals surface area (Å²) in [6, 6.07) is 17.1. The highest BCUT2D eigenvalue weighted by Crippen LogP contribution is 2.20. The molecule has 0 amide bonds. The van der Waals surface area contributed by atoms with Gasteiger partial charge in [0.25, 0.3) is 0 Å². The van der Waals surface area contributed by atoms with Gasteiger partial charge in [-0.05, 0) is 47.9 Å². The zero-order chi connectivity index (χ0) is 20.6. The molecule has 150 valence electrons. The molecule has 0 aliphatic rings. The molecule has 3 rings (SSSR count). The first-order valence-electron chi connectivity index (χ1n) is 9.24. The van der Waals surface area contributed by atoms with E-state index >= 15 is 0 Å². The molecule has 29 heavy (non-hydrogen) atoms. The number of thioether (sulfide) groups is 1. The van der Waals surface area contributed by atoms with Gasteiger partial charge < -0.3 is 15.3 Å². The minimum atomic E-state index is 0.243. The molecule has 0 saturated heterocycles. The molecule has 8 heteroatoms. The molecule has 0 radical (unpaired) electrons. The summed E-state index contributed by atoms with van der Waals surface area (Å²) in [4.78, 5) is 0. The largest absolute Gasteiger partial charge is 0.493 e. The van der Waals surface area contributed by atoms with Crippen molar-refractivity contribution in [1.82, 2.24) is 14.9 Å². The normalized spacial score (nSPS) is 10.7. The van der Waals surface area contributed by atoms with Gasteiger partial charge in [-0.3, -0.25) is 0 Å². The Morgan fingerprint density at radius 1 is 1.03 bits per heavy atom. The van der Waals surface area contributed by atoms with Gasteiger partial charge in [0, 0.05) is 5.75 Å². The molecule has 7 nitrogen and oxygen atoms in total. The highest BCUT2D eigenvalue weighted by atomic mass is 32.2. The van der Waals surface area contributed by atoms with E-state index < -0.39 is 0 Å². The Kier molecular flexibility index (Phi) is 6.98.